The fourth-order valence-electron chi connectivity index (χ4n) is 2.56. The standard InChI is InChI=1S/C15H21NO/c1-11(7-8-16)5-6-14-12(2)9-13(17)10-15(14,3)4/h5-7,9,13-14,17H,10H2,1-4H3/b6-5+,11-7+/t13-,14+/m1/s1. The average Bonchev–Trinajstić information content (AvgIpc) is 2.14. The molecule has 0 spiro atoms. The normalized spacial score (nSPS) is 28.9. The van der Waals surface area contributed by atoms with Gasteiger partial charge in [-0.1, -0.05) is 37.6 Å². The van der Waals surface area contributed by atoms with Gasteiger partial charge in [0.05, 0.1) is 12.2 Å². The van der Waals surface area contributed by atoms with Gasteiger partial charge in [0.25, 0.3) is 0 Å². The van der Waals surface area contributed by atoms with E-state index in [1.54, 1.807) is 6.08 Å². The van der Waals surface area contributed by atoms with Gasteiger partial charge in [0.1, 0.15) is 0 Å². The highest BCUT2D eigenvalue weighted by molar-refractivity contribution is 5.27. The third kappa shape index (κ3) is 3.57. The summed E-state index contributed by atoms with van der Waals surface area (Å²) in [7, 11) is 0. The van der Waals surface area contributed by atoms with Gasteiger partial charge in [-0.3, -0.25) is 0 Å². The molecule has 0 aromatic heterocycles. The Balaban J connectivity index is 2.93. The lowest BCUT2D eigenvalue weighted by atomic mass is 9.67. The average molecular weight is 231 g/mol. The Morgan fingerprint density at radius 3 is 2.76 bits per heavy atom. The van der Waals surface area contributed by atoms with Crippen LogP contribution in [0.1, 0.15) is 34.1 Å². The summed E-state index contributed by atoms with van der Waals surface area (Å²) in [6.45, 7) is 8.32. The highest BCUT2D eigenvalue weighted by Crippen LogP contribution is 2.41. The van der Waals surface area contributed by atoms with Crippen LogP contribution >= 0.6 is 0 Å². The molecule has 0 bridgehead atoms. The monoisotopic (exact) mass is 231 g/mol. The summed E-state index contributed by atoms with van der Waals surface area (Å²) in [6.07, 6.45) is 8.06. The van der Waals surface area contributed by atoms with E-state index in [1.165, 1.54) is 5.57 Å². The molecule has 92 valence electrons. The third-order valence-electron chi connectivity index (χ3n) is 3.37. The quantitative estimate of drug-likeness (QED) is 0.450. The third-order valence-corrected chi connectivity index (χ3v) is 3.37. The van der Waals surface area contributed by atoms with Crippen LogP contribution in [0.15, 0.2) is 35.5 Å². The van der Waals surface area contributed by atoms with Crippen LogP contribution < -0.4 is 0 Å². The second kappa shape index (κ2) is 5.33. The number of hydrogen-bond donors (Lipinski definition) is 1. The van der Waals surface area contributed by atoms with Gasteiger partial charge in [0.15, 0.2) is 0 Å². The van der Waals surface area contributed by atoms with Crippen LogP contribution in [-0.2, 0) is 0 Å². The van der Waals surface area contributed by atoms with E-state index in [4.69, 9.17) is 5.26 Å². The van der Waals surface area contributed by atoms with E-state index in [1.807, 2.05) is 25.1 Å². The lowest BCUT2D eigenvalue weighted by molar-refractivity contribution is 0.117. The van der Waals surface area contributed by atoms with Crippen molar-refractivity contribution >= 4 is 0 Å². The van der Waals surface area contributed by atoms with E-state index in [9.17, 15) is 5.11 Å². The maximum absolute atomic E-state index is 9.74. The fourth-order valence-corrected chi connectivity index (χ4v) is 2.56. The number of nitrogens with zero attached hydrogens (tertiary/aromatic N) is 1. The molecule has 0 aromatic carbocycles. The molecule has 0 saturated carbocycles. The SMILES string of the molecule is CC1=C[C@@H](O)CC(C)(C)[C@H]1/C=C/C(C)=C/C#N. The number of aliphatic hydroxyl groups is 1. The van der Waals surface area contributed by atoms with Gasteiger partial charge in [0, 0.05) is 12.0 Å². The van der Waals surface area contributed by atoms with Crippen molar-refractivity contribution in [2.45, 2.75) is 40.2 Å². The molecule has 0 fully saturated rings. The van der Waals surface area contributed by atoms with E-state index in [-0.39, 0.29) is 11.5 Å². The van der Waals surface area contributed by atoms with E-state index < -0.39 is 0 Å². The first kappa shape index (κ1) is 13.7. The topological polar surface area (TPSA) is 44.0 Å². The zero-order chi connectivity index (χ0) is 13.1. The van der Waals surface area contributed by atoms with Crippen LogP contribution in [0, 0.1) is 22.7 Å². The first-order valence-corrected chi connectivity index (χ1v) is 5.98. The number of hydrogen-bond acceptors (Lipinski definition) is 2. The summed E-state index contributed by atoms with van der Waals surface area (Å²) in [4.78, 5) is 0. The van der Waals surface area contributed by atoms with Gasteiger partial charge >= 0.3 is 0 Å². The molecule has 0 aliphatic heterocycles. The molecule has 1 N–H and O–H groups in total. The Morgan fingerprint density at radius 1 is 1.59 bits per heavy atom. The molecule has 0 amide bonds. The minimum Gasteiger partial charge on any atom is -0.389 e. The Hall–Kier alpha value is -1.33. The Bertz CT molecular complexity index is 407. The molecule has 2 nitrogen and oxygen atoms in total. The van der Waals surface area contributed by atoms with Crippen molar-refractivity contribution in [1.82, 2.24) is 0 Å². The maximum atomic E-state index is 9.74. The Morgan fingerprint density at radius 2 is 2.24 bits per heavy atom. The van der Waals surface area contributed by atoms with Crippen molar-refractivity contribution in [3.63, 3.8) is 0 Å². The van der Waals surface area contributed by atoms with Crippen molar-refractivity contribution in [3.05, 3.63) is 35.5 Å². The Kier molecular flexibility index (Phi) is 4.31. The number of nitriles is 1. The molecular weight excluding hydrogens is 210 g/mol. The highest BCUT2D eigenvalue weighted by Gasteiger charge is 2.34. The van der Waals surface area contributed by atoms with Gasteiger partial charge in [-0.15, -0.1) is 0 Å². The molecule has 0 aromatic rings. The fraction of sp³-hybridized carbons (Fsp3) is 0.533. The molecule has 2 atom stereocenters. The van der Waals surface area contributed by atoms with Crippen LogP contribution in [0.3, 0.4) is 0 Å². The van der Waals surface area contributed by atoms with Crippen molar-refractivity contribution in [1.29, 1.82) is 5.26 Å². The van der Waals surface area contributed by atoms with Gasteiger partial charge in [-0.2, -0.15) is 5.26 Å². The van der Waals surface area contributed by atoms with Crippen LogP contribution in [0.2, 0.25) is 0 Å². The summed E-state index contributed by atoms with van der Waals surface area (Å²) >= 11 is 0. The lowest BCUT2D eigenvalue weighted by Gasteiger charge is -2.38. The van der Waals surface area contributed by atoms with Crippen molar-refractivity contribution < 1.29 is 5.11 Å². The minimum absolute atomic E-state index is 0.0572. The predicted octanol–water partition coefficient (Wildman–Crippen LogP) is 3.37. The molecular formula is C15H21NO. The summed E-state index contributed by atoms with van der Waals surface area (Å²) in [5.74, 6) is 0.327. The van der Waals surface area contributed by atoms with Gasteiger partial charge in [0.2, 0.25) is 0 Å². The predicted molar refractivity (Wildman–Crippen MR) is 70.2 cm³/mol. The molecule has 0 saturated heterocycles. The highest BCUT2D eigenvalue weighted by atomic mass is 16.3. The number of allylic oxidation sites excluding steroid dienone is 5. The minimum atomic E-state index is -0.328. The molecule has 0 unspecified atom stereocenters. The molecule has 1 aliphatic rings. The van der Waals surface area contributed by atoms with Crippen molar-refractivity contribution in [2.75, 3.05) is 0 Å². The van der Waals surface area contributed by atoms with Crippen molar-refractivity contribution in [2.24, 2.45) is 11.3 Å². The van der Waals surface area contributed by atoms with Crippen molar-refractivity contribution in [3.8, 4) is 6.07 Å². The molecule has 0 radical (unpaired) electrons. The van der Waals surface area contributed by atoms with E-state index in [2.05, 4.69) is 26.8 Å². The molecule has 2 heteroatoms. The number of rotatable bonds is 2. The summed E-state index contributed by atoms with van der Waals surface area (Å²) < 4.78 is 0. The number of aliphatic hydroxyl groups excluding tert-OH is 1. The first-order chi connectivity index (χ1) is 7.86. The summed E-state index contributed by atoms with van der Waals surface area (Å²) in [5, 5.41) is 18.3. The van der Waals surface area contributed by atoms with E-state index in [0.717, 1.165) is 12.0 Å². The lowest BCUT2D eigenvalue weighted by Crippen LogP contribution is -2.32. The van der Waals surface area contributed by atoms with Gasteiger partial charge < -0.3 is 5.11 Å². The zero-order valence-corrected chi connectivity index (χ0v) is 11.1. The maximum Gasteiger partial charge on any atom is 0.0914 e. The largest absolute Gasteiger partial charge is 0.389 e. The summed E-state index contributed by atoms with van der Waals surface area (Å²) in [5.41, 5.74) is 2.22. The summed E-state index contributed by atoms with van der Waals surface area (Å²) in [6, 6.07) is 2.03. The first-order valence-electron chi connectivity index (χ1n) is 5.98. The van der Waals surface area contributed by atoms with Crippen LogP contribution in [0.5, 0.6) is 0 Å². The molecule has 0 heterocycles. The van der Waals surface area contributed by atoms with Crippen LogP contribution in [-0.4, -0.2) is 11.2 Å². The molecule has 17 heavy (non-hydrogen) atoms. The molecule has 1 rings (SSSR count). The van der Waals surface area contributed by atoms with E-state index >= 15 is 0 Å². The van der Waals surface area contributed by atoms with Gasteiger partial charge in [-0.05, 0) is 31.3 Å². The Labute approximate surface area is 104 Å². The zero-order valence-electron chi connectivity index (χ0n) is 11.1. The van der Waals surface area contributed by atoms with E-state index in [0.29, 0.717) is 5.92 Å². The second-order valence-corrected chi connectivity index (χ2v) is 5.52. The van der Waals surface area contributed by atoms with Crippen LogP contribution in [0.4, 0.5) is 0 Å². The second-order valence-electron chi connectivity index (χ2n) is 5.52. The molecule has 1 aliphatic carbocycles. The van der Waals surface area contributed by atoms with Gasteiger partial charge in [-0.25, -0.2) is 0 Å². The van der Waals surface area contributed by atoms with Crippen LogP contribution in [0.25, 0.3) is 0 Å². The smallest absolute Gasteiger partial charge is 0.0914 e.